The van der Waals surface area contributed by atoms with Crippen LogP contribution in [0.25, 0.3) is 4.85 Å². The van der Waals surface area contributed by atoms with Crippen LogP contribution in [0.1, 0.15) is 35.6 Å². The zero-order valence-electron chi connectivity index (χ0n) is 17.0. The van der Waals surface area contributed by atoms with Crippen LogP contribution in [0.4, 0.5) is 26.0 Å². The largest absolute Gasteiger partial charge is 0.504 e. The third-order valence-corrected chi connectivity index (χ3v) is 5.51. The lowest BCUT2D eigenvalue weighted by molar-refractivity contribution is 0.317. The van der Waals surface area contributed by atoms with Crippen molar-refractivity contribution in [2.75, 3.05) is 24.2 Å². The van der Waals surface area contributed by atoms with E-state index in [2.05, 4.69) is 20.1 Å². The fourth-order valence-corrected chi connectivity index (χ4v) is 4.04. The Hall–Kier alpha value is -3.44. The molecule has 1 aliphatic carbocycles. The van der Waals surface area contributed by atoms with Gasteiger partial charge >= 0.3 is 0 Å². The smallest absolute Gasteiger partial charge is 0.228 e. The van der Waals surface area contributed by atoms with E-state index in [1.54, 1.807) is 18.2 Å². The van der Waals surface area contributed by atoms with E-state index in [1.165, 1.54) is 12.1 Å². The summed E-state index contributed by atoms with van der Waals surface area (Å²) in [6, 6.07) is 8.51. The molecule has 0 saturated heterocycles. The second kappa shape index (κ2) is 9.37. The SMILES string of the molecule is [C-]#[N+]c1ccc(N)cc1OCCCNc1nc(Cl)nc2c1CCC2c1ccc(F)cc1F. The van der Waals surface area contributed by atoms with E-state index < -0.39 is 11.6 Å². The van der Waals surface area contributed by atoms with Crippen molar-refractivity contribution in [1.29, 1.82) is 0 Å². The quantitative estimate of drug-likeness (QED) is 0.213. The molecular weight excluding hydrogens is 436 g/mol. The molecule has 0 fully saturated rings. The highest BCUT2D eigenvalue weighted by Gasteiger charge is 2.31. The molecule has 3 aromatic rings. The number of nitrogens with two attached hydrogens (primary N) is 1. The molecule has 1 aliphatic rings. The third-order valence-electron chi connectivity index (χ3n) is 5.34. The molecule has 6 nitrogen and oxygen atoms in total. The van der Waals surface area contributed by atoms with Crippen LogP contribution in [0.2, 0.25) is 5.28 Å². The lowest BCUT2D eigenvalue weighted by Gasteiger charge is -2.14. The minimum absolute atomic E-state index is 0.0679. The Labute approximate surface area is 189 Å². The Morgan fingerprint density at radius 2 is 2.06 bits per heavy atom. The summed E-state index contributed by atoms with van der Waals surface area (Å²) in [6.45, 7) is 8.13. The van der Waals surface area contributed by atoms with Gasteiger partial charge in [-0.15, -0.1) is 0 Å². The predicted octanol–water partition coefficient (Wildman–Crippen LogP) is 5.50. The molecule has 0 amide bonds. The van der Waals surface area contributed by atoms with Crippen molar-refractivity contribution in [3.63, 3.8) is 0 Å². The molecule has 1 unspecified atom stereocenters. The van der Waals surface area contributed by atoms with Gasteiger partial charge in [0.15, 0.2) is 0 Å². The average Bonchev–Trinajstić information content (AvgIpc) is 3.17. The maximum atomic E-state index is 14.3. The van der Waals surface area contributed by atoms with Crippen molar-refractivity contribution < 1.29 is 13.5 Å². The Kier molecular flexibility index (Phi) is 6.37. The highest BCUT2D eigenvalue weighted by Crippen LogP contribution is 2.41. The second-order valence-corrected chi connectivity index (χ2v) is 7.77. The molecule has 0 radical (unpaired) electrons. The number of ether oxygens (including phenoxy) is 1. The number of hydrogen-bond acceptors (Lipinski definition) is 5. The zero-order chi connectivity index (χ0) is 22.7. The van der Waals surface area contributed by atoms with E-state index >= 15 is 0 Å². The highest BCUT2D eigenvalue weighted by atomic mass is 35.5. The number of rotatable bonds is 7. The Balaban J connectivity index is 1.42. The molecule has 4 rings (SSSR count). The molecule has 0 spiro atoms. The van der Waals surface area contributed by atoms with Crippen molar-refractivity contribution >= 4 is 28.8 Å². The lowest BCUT2D eigenvalue weighted by Crippen LogP contribution is -2.11. The molecule has 164 valence electrons. The van der Waals surface area contributed by atoms with Gasteiger partial charge < -0.3 is 15.8 Å². The van der Waals surface area contributed by atoms with Crippen LogP contribution < -0.4 is 15.8 Å². The summed E-state index contributed by atoms with van der Waals surface area (Å²) in [4.78, 5) is 12.1. The van der Waals surface area contributed by atoms with Crippen LogP contribution in [0.5, 0.6) is 5.75 Å². The van der Waals surface area contributed by atoms with Crippen LogP contribution in [-0.4, -0.2) is 23.1 Å². The van der Waals surface area contributed by atoms with E-state index in [4.69, 9.17) is 28.6 Å². The first-order chi connectivity index (χ1) is 15.5. The summed E-state index contributed by atoms with van der Waals surface area (Å²) in [5, 5.41) is 3.32. The normalized spacial score (nSPS) is 14.6. The van der Waals surface area contributed by atoms with Gasteiger partial charge in [-0.1, -0.05) is 12.1 Å². The first kappa shape index (κ1) is 21.8. The van der Waals surface area contributed by atoms with Gasteiger partial charge in [0.2, 0.25) is 11.0 Å². The zero-order valence-corrected chi connectivity index (χ0v) is 17.8. The summed E-state index contributed by atoms with van der Waals surface area (Å²) in [6.07, 6.45) is 1.93. The van der Waals surface area contributed by atoms with Crippen LogP contribution in [-0.2, 0) is 6.42 Å². The molecule has 1 heterocycles. The molecule has 9 heteroatoms. The van der Waals surface area contributed by atoms with Gasteiger partial charge in [0.05, 0.1) is 18.9 Å². The van der Waals surface area contributed by atoms with E-state index in [9.17, 15) is 8.78 Å². The molecule has 32 heavy (non-hydrogen) atoms. The van der Waals surface area contributed by atoms with Gasteiger partial charge in [-0.2, -0.15) is 0 Å². The number of benzene rings is 2. The molecule has 1 aromatic heterocycles. The maximum absolute atomic E-state index is 14.3. The summed E-state index contributed by atoms with van der Waals surface area (Å²) >= 11 is 6.13. The van der Waals surface area contributed by atoms with E-state index in [0.717, 1.165) is 11.6 Å². The van der Waals surface area contributed by atoms with E-state index in [1.807, 2.05) is 0 Å². The first-order valence-corrected chi connectivity index (χ1v) is 10.5. The summed E-state index contributed by atoms with van der Waals surface area (Å²) < 4.78 is 33.3. The van der Waals surface area contributed by atoms with Gasteiger partial charge in [0.25, 0.3) is 0 Å². The van der Waals surface area contributed by atoms with Crippen molar-refractivity contribution in [3.05, 3.63) is 81.6 Å². The highest BCUT2D eigenvalue weighted by molar-refractivity contribution is 6.28. The fourth-order valence-electron chi connectivity index (χ4n) is 3.87. The predicted molar refractivity (Wildman–Crippen MR) is 119 cm³/mol. The van der Waals surface area contributed by atoms with Gasteiger partial charge in [-0.3, -0.25) is 0 Å². The topological polar surface area (TPSA) is 77.4 Å². The van der Waals surface area contributed by atoms with Gasteiger partial charge in [-0.05, 0) is 54.6 Å². The minimum atomic E-state index is -0.614. The van der Waals surface area contributed by atoms with Crippen molar-refractivity contribution in [2.45, 2.75) is 25.2 Å². The van der Waals surface area contributed by atoms with Crippen LogP contribution >= 0.6 is 11.6 Å². The second-order valence-electron chi connectivity index (χ2n) is 7.43. The molecule has 2 aromatic carbocycles. The number of nitrogens with one attached hydrogen (secondary N) is 1. The molecule has 0 saturated carbocycles. The standard InChI is InChI=1S/C23H20ClF2N5O/c1-28-19-8-4-14(27)12-20(19)32-10-2-9-29-22-17-7-6-16(21(17)30-23(24)31-22)15-5-3-13(25)11-18(15)26/h3-5,8,11-12,16H,2,6-7,9-10,27H2,(H,29,30,31). The molecule has 0 aliphatic heterocycles. The third kappa shape index (κ3) is 4.58. The summed E-state index contributed by atoms with van der Waals surface area (Å²) in [5.41, 5.74) is 8.65. The van der Waals surface area contributed by atoms with Crippen LogP contribution in [0.3, 0.4) is 0 Å². The van der Waals surface area contributed by atoms with Crippen molar-refractivity contribution in [2.24, 2.45) is 0 Å². The minimum Gasteiger partial charge on any atom is -0.504 e. The number of anilines is 2. The average molecular weight is 456 g/mol. The number of hydrogen-bond donors (Lipinski definition) is 2. The Bertz CT molecular complexity index is 1200. The number of nitrogen functional groups attached to an aromatic ring is 1. The summed E-state index contributed by atoms with van der Waals surface area (Å²) in [5.74, 6) is -0.447. The number of aromatic nitrogens is 2. The van der Waals surface area contributed by atoms with E-state index in [0.29, 0.717) is 66.6 Å². The first-order valence-electron chi connectivity index (χ1n) is 10.1. The molecule has 0 bridgehead atoms. The van der Waals surface area contributed by atoms with Gasteiger partial charge in [0.1, 0.15) is 23.2 Å². The number of fused-ring (bicyclic) bond motifs is 1. The van der Waals surface area contributed by atoms with Crippen LogP contribution in [0.15, 0.2) is 36.4 Å². The van der Waals surface area contributed by atoms with E-state index in [-0.39, 0.29) is 11.2 Å². The fraction of sp³-hybridized carbons (Fsp3) is 0.261. The summed E-state index contributed by atoms with van der Waals surface area (Å²) in [7, 11) is 0. The maximum Gasteiger partial charge on any atom is 0.228 e. The van der Waals surface area contributed by atoms with Crippen molar-refractivity contribution in [1.82, 2.24) is 9.97 Å². The molecule has 3 N–H and O–H groups in total. The Morgan fingerprint density at radius 3 is 2.84 bits per heavy atom. The van der Waals surface area contributed by atoms with Gasteiger partial charge in [-0.25, -0.2) is 23.6 Å². The monoisotopic (exact) mass is 455 g/mol. The molecule has 1 atom stereocenters. The van der Waals surface area contributed by atoms with Crippen molar-refractivity contribution in [3.8, 4) is 5.75 Å². The Morgan fingerprint density at radius 1 is 1.22 bits per heavy atom. The lowest BCUT2D eigenvalue weighted by atomic mass is 9.96. The molecular formula is C23H20ClF2N5O. The van der Waals surface area contributed by atoms with Crippen LogP contribution in [0, 0.1) is 18.2 Å². The van der Waals surface area contributed by atoms with Gasteiger partial charge in [0, 0.05) is 29.8 Å². The number of halogens is 3. The number of nitrogens with zero attached hydrogens (tertiary/aromatic N) is 3.